The first-order chi connectivity index (χ1) is 5.38. The molecule has 2 aliphatic heterocycles. The summed E-state index contributed by atoms with van der Waals surface area (Å²) in [6, 6.07) is 0. The van der Waals surface area contributed by atoms with Crippen molar-refractivity contribution in [3.05, 3.63) is 0 Å². The van der Waals surface area contributed by atoms with Crippen LogP contribution in [0.1, 0.15) is 33.1 Å². The summed E-state index contributed by atoms with van der Waals surface area (Å²) in [5.41, 5.74) is 0. The van der Waals surface area contributed by atoms with E-state index in [2.05, 4.69) is 13.8 Å². The number of fused-ring (bicyclic) bond motifs is 1. The van der Waals surface area contributed by atoms with Gasteiger partial charge < -0.3 is 9.47 Å². The Balaban J connectivity index is 0.000000179. The van der Waals surface area contributed by atoms with Crippen molar-refractivity contribution in [2.24, 2.45) is 5.92 Å². The van der Waals surface area contributed by atoms with E-state index < -0.39 is 0 Å². The maximum atomic E-state index is 5.25. The number of ether oxygens (including phenoxy) is 2. The highest BCUT2D eigenvalue weighted by atomic mass is 16.7. The zero-order valence-corrected chi connectivity index (χ0v) is 7.51. The molecule has 0 bridgehead atoms. The lowest BCUT2D eigenvalue weighted by molar-refractivity contribution is -0.0904. The smallest absolute Gasteiger partial charge is 0.160 e. The van der Waals surface area contributed by atoms with Crippen LogP contribution in [-0.4, -0.2) is 19.5 Å². The van der Waals surface area contributed by atoms with Crippen molar-refractivity contribution in [1.29, 1.82) is 0 Å². The van der Waals surface area contributed by atoms with Gasteiger partial charge >= 0.3 is 0 Å². The molecule has 0 unspecified atom stereocenters. The van der Waals surface area contributed by atoms with Gasteiger partial charge in [-0.3, -0.25) is 0 Å². The molecule has 0 saturated carbocycles. The molecule has 66 valence electrons. The summed E-state index contributed by atoms with van der Waals surface area (Å²) < 4.78 is 10.5. The molecule has 0 aromatic carbocycles. The molecule has 0 aliphatic carbocycles. The summed E-state index contributed by atoms with van der Waals surface area (Å²) in [6.07, 6.45) is 3.85. The zero-order chi connectivity index (χ0) is 8.10. The Hall–Kier alpha value is -0.0800. The minimum absolute atomic E-state index is 0.176. The summed E-state index contributed by atoms with van der Waals surface area (Å²) in [5.74, 6) is 0.731. The van der Waals surface area contributed by atoms with Gasteiger partial charge in [-0.15, -0.1) is 0 Å². The molecule has 2 saturated heterocycles. The van der Waals surface area contributed by atoms with Gasteiger partial charge in [0.1, 0.15) is 0 Å². The van der Waals surface area contributed by atoms with Crippen LogP contribution in [0.5, 0.6) is 0 Å². The van der Waals surface area contributed by atoms with Crippen LogP contribution in [0.4, 0.5) is 0 Å². The Labute approximate surface area is 68.9 Å². The molecule has 0 amide bonds. The van der Waals surface area contributed by atoms with Crippen LogP contribution in [0.2, 0.25) is 0 Å². The highest BCUT2D eigenvalue weighted by Crippen LogP contribution is 2.30. The third-order valence-corrected chi connectivity index (χ3v) is 1.93. The summed E-state index contributed by atoms with van der Waals surface area (Å²) in [6.45, 7) is 6.07. The predicted molar refractivity (Wildman–Crippen MR) is 44.4 cm³/mol. The van der Waals surface area contributed by atoms with Crippen LogP contribution >= 0.6 is 0 Å². The van der Waals surface area contributed by atoms with Gasteiger partial charge in [0.2, 0.25) is 0 Å². The molecule has 2 rings (SSSR count). The SMILES string of the molecule is C1CC2CCOC2O1.CCC. The molecule has 2 heteroatoms. The maximum absolute atomic E-state index is 5.25. The number of hydrogen-bond acceptors (Lipinski definition) is 2. The molecule has 2 nitrogen and oxygen atoms in total. The normalized spacial score (nSPS) is 34.4. The number of hydrogen-bond donors (Lipinski definition) is 0. The quantitative estimate of drug-likeness (QED) is 0.538. The van der Waals surface area contributed by atoms with Crippen LogP contribution in [0.25, 0.3) is 0 Å². The monoisotopic (exact) mass is 158 g/mol. The molecule has 0 radical (unpaired) electrons. The molecular formula is C9H18O2. The van der Waals surface area contributed by atoms with Gasteiger partial charge in [-0.05, 0) is 12.8 Å². The molecule has 0 atom stereocenters. The second-order valence-corrected chi connectivity index (χ2v) is 3.15. The predicted octanol–water partition coefficient (Wildman–Crippen LogP) is 2.19. The maximum Gasteiger partial charge on any atom is 0.160 e. The molecule has 0 N–H and O–H groups in total. The second-order valence-electron chi connectivity index (χ2n) is 3.15. The van der Waals surface area contributed by atoms with Crippen LogP contribution in [0, 0.1) is 5.92 Å². The molecular weight excluding hydrogens is 140 g/mol. The highest BCUT2D eigenvalue weighted by Gasteiger charge is 2.33. The van der Waals surface area contributed by atoms with Crippen molar-refractivity contribution in [2.75, 3.05) is 13.2 Å². The minimum Gasteiger partial charge on any atom is -0.352 e. The standard InChI is InChI=1S/C6H10O2.C3H8/c1-3-7-6-5(1)2-4-8-6;1-3-2/h5-6H,1-4H2;3H2,1-2H3. The van der Waals surface area contributed by atoms with Gasteiger partial charge in [-0.2, -0.15) is 0 Å². The first-order valence-electron chi connectivity index (χ1n) is 4.61. The van der Waals surface area contributed by atoms with E-state index in [9.17, 15) is 0 Å². The minimum atomic E-state index is 0.176. The van der Waals surface area contributed by atoms with E-state index in [0.717, 1.165) is 19.1 Å². The van der Waals surface area contributed by atoms with Crippen molar-refractivity contribution in [2.45, 2.75) is 39.4 Å². The van der Waals surface area contributed by atoms with Crippen LogP contribution in [0.15, 0.2) is 0 Å². The van der Waals surface area contributed by atoms with Crippen LogP contribution in [0.3, 0.4) is 0 Å². The van der Waals surface area contributed by atoms with E-state index in [1.54, 1.807) is 0 Å². The Morgan fingerprint density at radius 2 is 1.55 bits per heavy atom. The fraction of sp³-hybridized carbons (Fsp3) is 1.00. The molecule has 11 heavy (non-hydrogen) atoms. The van der Waals surface area contributed by atoms with E-state index in [0.29, 0.717) is 0 Å². The molecule has 2 aliphatic rings. The van der Waals surface area contributed by atoms with Gasteiger partial charge in [-0.1, -0.05) is 20.3 Å². The van der Waals surface area contributed by atoms with Crippen molar-refractivity contribution >= 4 is 0 Å². The van der Waals surface area contributed by atoms with E-state index in [-0.39, 0.29) is 6.29 Å². The third kappa shape index (κ3) is 2.46. The van der Waals surface area contributed by atoms with Crippen molar-refractivity contribution in [1.82, 2.24) is 0 Å². The van der Waals surface area contributed by atoms with Crippen molar-refractivity contribution < 1.29 is 9.47 Å². The van der Waals surface area contributed by atoms with Crippen molar-refractivity contribution in [3.63, 3.8) is 0 Å². The first kappa shape index (κ1) is 9.01. The summed E-state index contributed by atoms with van der Waals surface area (Å²) in [4.78, 5) is 0. The third-order valence-electron chi connectivity index (χ3n) is 1.93. The molecule has 2 heterocycles. The lowest BCUT2D eigenvalue weighted by atomic mass is 10.1. The summed E-state index contributed by atoms with van der Waals surface area (Å²) >= 11 is 0. The molecule has 2 fully saturated rings. The lowest BCUT2D eigenvalue weighted by Crippen LogP contribution is -2.08. The topological polar surface area (TPSA) is 18.5 Å². The fourth-order valence-corrected chi connectivity index (χ4v) is 1.41. The zero-order valence-electron chi connectivity index (χ0n) is 7.51. The van der Waals surface area contributed by atoms with Gasteiger partial charge in [0, 0.05) is 5.92 Å². The van der Waals surface area contributed by atoms with Gasteiger partial charge in [-0.25, -0.2) is 0 Å². The Kier molecular flexibility index (Phi) is 3.87. The van der Waals surface area contributed by atoms with E-state index >= 15 is 0 Å². The average Bonchev–Trinajstić information content (AvgIpc) is 2.44. The van der Waals surface area contributed by atoms with Gasteiger partial charge in [0.05, 0.1) is 13.2 Å². The summed E-state index contributed by atoms with van der Waals surface area (Å²) in [7, 11) is 0. The molecule has 0 aromatic rings. The first-order valence-corrected chi connectivity index (χ1v) is 4.61. The van der Waals surface area contributed by atoms with Crippen molar-refractivity contribution in [3.8, 4) is 0 Å². The largest absolute Gasteiger partial charge is 0.352 e. The number of rotatable bonds is 0. The van der Waals surface area contributed by atoms with E-state index in [1.165, 1.54) is 19.3 Å². The van der Waals surface area contributed by atoms with Gasteiger partial charge in [0.15, 0.2) is 6.29 Å². The Morgan fingerprint density at radius 3 is 1.91 bits per heavy atom. The van der Waals surface area contributed by atoms with Crippen LogP contribution in [-0.2, 0) is 9.47 Å². The van der Waals surface area contributed by atoms with E-state index in [4.69, 9.17) is 9.47 Å². The molecule has 0 spiro atoms. The summed E-state index contributed by atoms with van der Waals surface area (Å²) in [5, 5.41) is 0. The van der Waals surface area contributed by atoms with Crippen LogP contribution < -0.4 is 0 Å². The highest BCUT2D eigenvalue weighted by molar-refractivity contribution is 4.73. The van der Waals surface area contributed by atoms with E-state index in [1.807, 2.05) is 0 Å². The lowest BCUT2D eigenvalue weighted by Gasteiger charge is -2.03. The average molecular weight is 158 g/mol. The Bertz CT molecular complexity index is 83.7. The van der Waals surface area contributed by atoms with Gasteiger partial charge in [0.25, 0.3) is 0 Å². The molecule has 0 aromatic heterocycles. The fourth-order valence-electron chi connectivity index (χ4n) is 1.41. The Morgan fingerprint density at radius 1 is 1.09 bits per heavy atom. The second kappa shape index (κ2) is 4.73.